The number of amides is 1. The maximum absolute atomic E-state index is 12.5. The Morgan fingerprint density at radius 3 is 2.96 bits per heavy atom. The first-order valence-electron chi connectivity index (χ1n) is 8.46. The van der Waals surface area contributed by atoms with Crippen LogP contribution in [-0.4, -0.2) is 25.0 Å². The molecule has 3 nitrogen and oxygen atoms in total. The average molecular weight is 348 g/mol. The van der Waals surface area contributed by atoms with Crippen LogP contribution in [0.2, 0.25) is 0 Å². The fourth-order valence-electron chi connectivity index (χ4n) is 3.67. The van der Waals surface area contributed by atoms with Gasteiger partial charge in [0.15, 0.2) is 6.54 Å². The van der Waals surface area contributed by atoms with Crippen LogP contribution in [0.25, 0.3) is 0 Å². The molecule has 1 aliphatic heterocycles. The number of hydrogen-bond donors (Lipinski definition) is 2. The first-order valence-corrected chi connectivity index (χ1v) is 10.2. The predicted octanol–water partition coefficient (Wildman–Crippen LogP) is 2.25. The highest BCUT2D eigenvalue weighted by atomic mass is 32.1. The number of rotatable bonds is 5. The molecule has 23 heavy (non-hydrogen) atoms. The summed E-state index contributed by atoms with van der Waals surface area (Å²) in [7, 11) is 0. The van der Waals surface area contributed by atoms with Crippen LogP contribution >= 0.6 is 22.7 Å². The van der Waals surface area contributed by atoms with Crippen molar-refractivity contribution in [1.29, 1.82) is 0 Å². The summed E-state index contributed by atoms with van der Waals surface area (Å²) < 4.78 is 0. The van der Waals surface area contributed by atoms with Crippen molar-refractivity contribution in [2.75, 3.05) is 13.1 Å². The Bertz CT molecular complexity index is 675. The molecule has 1 aliphatic carbocycles. The Hall–Kier alpha value is -1.17. The Kier molecular flexibility index (Phi) is 4.26. The number of quaternary nitrogens is 1. The van der Waals surface area contributed by atoms with E-state index in [1.54, 1.807) is 0 Å². The van der Waals surface area contributed by atoms with Crippen LogP contribution in [-0.2, 0) is 11.2 Å². The van der Waals surface area contributed by atoms with Crippen LogP contribution in [0.5, 0.6) is 0 Å². The molecule has 1 saturated carbocycles. The zero-order valence-electron chi connectivity index (χ0n) is 13.4. The largest absolute Gasteiger partial charge is 0.348 e. The molecule has 2 aromatic heterocycles. The molecule has 0 spiro atoms. The highest BCUT2D eigenvalue weighted by Gasteiger charge is 2.36. The van der Waals surface area contributed by atoms with Crippen LogP contribution in [0.15, 0.2) is 29.0 Å². The average Bonchev–Trinajstić information content (AvgIpc) is 3.05. The maximum Gasteiger partial charge on any atom is 0.275 e. The Morgan fingerprint density at radius 2 is 2.22 bits per heavy atom. The van der Waals surface area contributed by atoms with Gasteiger partial charge < -0.3 is 10.2 Å². The van der Waals surface area contributed by atoms with Crippen LogP contribution < -0.4 is 10.2 Å². The lowest BCUT2D eigenvalue weighted by atomic mass is 9.98. The van der Waals surface area contributed by atoms with Crippen molar-refractivity contribution in [3.63, 3.8) is 0 Å². The van der Waals surface area contributed by atoms with E-state index in [9.17, 15) is 4.79 Å². The maximum atomic E-state index is 12.5. The van der Waals surface area contributed by atoms with Gasteiger partial charge in [0.25, 0.3) is 5.91 Å². The van der Waals surface area contributed by atoms with Gasteiger partial charge in [0, 0.05) is 22.9 Å². The molecule has 1 fully saturated rings. The summed E-state index contributed by atoms with van der Waals surface area (Å²) in [5.74, 6) is 0.923. The smallest absolute Gasteiger partial charge is 0.275 e. The zero-order chi connectivity index (χ0) is 15.8. The molecular weight excluding hydrogens is 324 g/mol. The van der Waals surface area contributed by atoms with E-state index in [4.69, 9.17) is 0 Å². The fraction of sp³-hybridized carbons (Fsp3) is 0.500. The first kappa shape index (κ1) is 15.4. The molecule has 0 bridgehead atoms. The summed E-state index contributed by atoms with van der Waals surface area (Å²) in [4.78, 5) is 16.8. The highest BCUT2D eigenvalue weighted by Crippen LogP contribution is 2.33. The van der Waals surface area contributed by atoms with Crippen LogP contribution in [0.1, 0.15) is 41.1 Å². The van der Waals surface area contributed by atoms with Gasteiger partial charge in [0.2, 0.25) is 0 Å². The second-order valence-corrected chi connectivity index (χ2v) is 8.76. The summed E-state index contributed by atoms with van der Waals surface area (Å²) in [5, 5.41) is 7.56. The van der Waals surface area contributed by atoms with E-state index in [0.29, 0.717) is 24.5 Å². The Labute approximate surface area is 145 Å². The molecule has 3 heterocycles. The van der Waals surface area contributed by atoms with Gasteiger partial charge >= 0.3 is 0 Å². The molecule has 0 radical (unpaired) electrons. The van der Waals surface area contributed by atoms with Gasteiger partial charge in [0.1, 0.15) is 6.04 Å². The van der Waals surface area contributed by atoms with Crippen molar-refractivity contribution in [2.24, 2.45) is 5.92 Å². The molecular formula is C18H23N2OS2+. The number of carbonyl (C=O) groups excluding carboxylic acids is 1. The van der Waals surface area contributed by atoms with E-state index >= 15 is 0 Å². The predicted molar refractivity (Wildman–Crippen MR) is 95.2 cm³/mol. The van der Waals surface area contributed by atoms with Gasteiger partial charge in [-0.2, -0.15) is 0 Å². The summed E-state index contributed by atoms with van der Waals surface area (Å²) in [6.07, 6.45) is 3.64. The molecule has 2 aliphatic rings. The van der Waals surface area contributed by atoms with Crippen molar-refractivity contribution in [2.45, 2.75) is 38.3 Å². The summed E-state index contributed by atoms with van der Waals surface area (Å²) in [5.41, 5.74) is 1.43. The first-order chi connectivity index (χ1) is 11.2. The van der Waals surface area contributed by atoms with Gasteiger partial charge in [0.05, 0.1) is 11.4 Å². The quantitative estimate of drug-likeness (QED) is 0.855. The van der Waals surface area contributed by atoms with E-state index in [1.807, 2.05) is 22.7 Å². The number of hydrogen-bond acceptors (Lipinski definition) is 3. The Balaban J connectivity index is 1.51. The molecule has 0 aromatic carbocycles. The molecule has 5 heteroatoms. The van der Waals surface area contributed by atoms with Crippen molar-refractivity contribution < 1.29 is 9.69 Å². The SMILES string of the molecule is C[C@@H](NC(=O)C[NH+]1CCc2sccc2[C@@H]1c1cccs1)C1CC1. The third kappa shape index (κ3) is 3.23. The number of nitrogens with one attached hydrogen (secondary N) is 2. The number of fused-ring (bicyclic) bond motifs is 1. The lowest BCUT2D eigenvalue weighted by Crippen LogP contribution is -3.14. The van der Waals surface area contributed by atoms with Crippen molar-refractivity contribution in [3.8, 4) is 0 Å². The third-order valence-electron chi connectivity index (χ3n) is 5.11. The summed E-state index contributed by atoms with van der Waals surface area (Å²) in [6.45, 7) is 3.77. The van der Waals surface area contributed by atoms with Gasteiger partial charge in [-0.05, 0) is 48.6 Å². The third-order valence-corrected chi connectivity index (χ3v) is 7.04. The van der Waals surface area contributed by atoms with Gasteiger partial charge in [-0.1, -0.05) is 6.07 Å². The topological polar surface area (TPSA) is 33.5 Å². The molecule has 2 aromatic rings. The summed E-state index contributed by atoms with van der Waals surface area (Å²) >= 11 is 3.67. The molecule has 2 N–H and O–H groups in total. The van der Waals surface area contributed by atoms with Crippen LogP contribution in [0.3, 0.4) is 0 Å². The molecule has 1 amide bonds. The fourth-order valence-corrected chi connectivity index (χ4v) is 5.50. The zero-order valence-corrected chi connectivity index (χ0v) is 15.0. The van der Waals surface area contributed by atoms with E-state index in [0.717, 1.165) is 13.0 Å². The van der Waals surface area contributed by atoms with Gasteiger partial charge in [-0.3, -0.25) is 4.79 Å². The second-order valence-electron chi connectivity index (χ2n) is 6.78. The molecule has 4 rings (SSSR count). The standard InChI is InChI=1S/C18H22N2OS2/c1-12(13-4-5-13)19-17(21)11-20-8-6-15-14(7-10-23-15)18(20)16-3-2-9-22-16/h2-3,7,9-10,12-13,18H,4-6,8,11H2,1H3,(H,19,21)/p+1/t12-,18-/m1/s1. The second kappa shape index (κ2) is 6.38. The van der Waals surface area contributed by atoms with Crippen molar-refractivity contribution in [3.05, 3.63) is 44.3 Å². The van der Waals surface area contributed by atoms with E-state index in [1.165, 1.54) is 33.1 Å². The molecule has 1 unspecified atom stereocenters. The molecule has 0 saturated heterocycles. The van der Waals surface area contributed by atoms with E-state index in [2.05, 4.69) is 41.2 Å². The van der Waals surface area contributed by atoms with E-state index < -0.39 is 0 Å². The Morgan fingerprint density at radius 1 is 1.35 bits per heavy atom. The molecule has 122 valence electrons. The minimum atomic E-state index is 0.208. The van der Waals surface area contributed by atoms with Crippen molar-refractivity contribution >= 4 is 28.6 Å². The van der Waals surface area contributed by atoms with Gasteiger partial charge in [-0.15, -0.1) is 22.7 Å². The number of thiophene rings is 2. The van der Waals surface area contributed by atoms with Gasteiger partial charge in [-0.25, -0.2) is 0 Å². The normalized spacial score (nSPS) is 24.9. The van der Waals surface area contributed by atoms with Crippen LogP contribution in [0.4, 0.5) is 0 Å². The molecule has 3 atom stereocenters. The minimum Gasteiger partial charge on any atom is -0.348 e. The van der Waals surface area contributed by atoms with Crippen LogP contribution in [0, 0.1) is 5.92 Å². The van der Waals surface area contributed by atoms with Crippen molar-refractivity contribution in [1.82, 2.24) is 5.32 Å². The highest BCUT2D eigenvalue weighted by molar-refractivity contribution is 7.10. The minimum absolute atomic E-state index is 0.208. The lowest BCUT2D eigenvalue weighted by molar-refractivity contribution is -0.919. The lowest BCUT2D eigenvalue weighted by Gasteiger charge is -2.32. The summed E-state index contributed by atoms with van der Waals surface area (Å²) in [6, 6.07) is 7.25. The van der Waals surface area contributed by atoms with E-state index in [-0.39, 0.29) is 5.91 Å². The number of carbonyl (C=O) groups is 1. The monoisotopic (exact) mass is 347 g/mol.